The smallest absolute Gasteiger partial charge is 0.407 e. The van der Waals surface area contributed by atoms with Gasteiger partial charge in [0.05, 0.1) is 26.4 Å². The summed E-state index contributed by atoms with van der Waals surface area (Å²) < 4.78 is 36.3. The van der Waals surface area contributed by atoms with Crippen molar-refractivity contribution in [2.45, 2.75) is 50.5 Å². The van der Waals surface area contributed by atoms with Gasteiger partial charge < -0.3 is 33.7 Å². The predicted molar refractivity (Wildman–Crippen MR) is 150 cm³/mol. The monoisotopic (exact) mass is 547 g/mol. The first-order valence-corrected chi connectivity index (χ1v) is 13.3. The number of alkyl carbamates (subject to hydrolysis) is 1. The Hall–Kier alpha value is -3.53. The maximum Gasteiger partial charge on any atom is 0.407 e. The molecule has 1 aliphatic heterocycles. The molecule has 1 amide bonds. The van der Waals surface area contributed by atoms with Gasteiger partial charge in [-0.05, 0) is 16.7 Å². The summed E-state index contributed by atoms with van der Waals surface area (Å²) in [5, 5.41) is 2.87. The Morgan fingerprint density at radius 2 is 1.35 bits per heavy atom. The fraction of sp³-hybridized carbons (Fsp3) is 0.344. The summed E-state index contributed by atoms with van der Waals surface area (Å²) in [5.74, 6) is 0. The van der Waals surface area contributed by atoms with Gasteiger partial charge >= 0.3 is 6.09 Å². The highest BCUT2D eigenvalue weighted by molar-refractivity contribution is 5.67. The summed E-state index contributed by atoms with van der Waals surface area (Å²) in [6.45, 7) is 4.92. The lowest BCUT2D eigenvalue weighted by atomic mass is 9.96. The zero-order chi connectivity index (χ0) is 28.0. The standard InChI is InChI=1S/C32H37NO7/c1-3-19-37-32(34)33-28-30(39-22-26-17-11-6-12-18-26)29(38-21-25-15-9-5-10-16-25)27(40-31(28)35-2)23-36-20-24-13-7-4-8-14-24/h3-18,27-31H,1,19-23H2,2H3,(H,33,34)/t27-,28+,29-,30-,31+/m1/s1. The molecular weight excluding hydrogens is 510 g/mol. The molecule has 1 aliphatic rings. The Balaban J connectivity index is 1.58. The van der Waals surface area contributed by atoms with Crippen molar-refractivity contribution in [3.05, 3.63) is 120 Å². The summed E-state index contributed by atoms with van der Waals surface area (Å²) in [6, 6.07) is 28.9. The lowest BCUT2D eigenvalue weighted by Crippen LogP contribution is -2.66. The van der Waals surface area contributed by atoms with Crippen molar-refractivity contribution in [3.63, 3.8) is 0 Å². The van der Waals surface area contributed by atoms with Crippen LogP contribution in [0.5, 0.6) is 0 Å². The van der Waals surface area contributed by atoms with Crippen LogP contribution in [0.15, 0.2) is 104 Å². The molecule has 1 N–H and O–H groups in total. The van der Waals surface area contributed by atoms with Gasteiger partial charge in [0.25, 0.3) is 0 Å². The van der Waals surface area contributed by atoms with Crippen LogP contribution in [0.25, 0.3) is 0 Å². The van der Waals surface area contributed by atoms with E-state index in [0.29, 0.717) is 19.8 Å². The molecule has 1 fully saturated rings. The predicted octanol–water partition coefficient (Wildman–Crippen LogP) is 5.03. The third-order valence-corrected chi connectivity index (χ3v) is 6.46. The van der Waals surface area contributed by atoms with Crippen molar-refractivity contribution < 1.29 is 33.2 Å². The topological polar surface area (TPSA) is 84.5 Å². The lowest BCUT2D eigenvalue weighted by molar-refractivity contribution is -0.284. The van der Waals surface area contributed by atoms with Crippen molar-refractivity contribution in [2.75, 3.05) is 20.3 Å². The van der Waals surface area contributed by atoms with Crippen LogP contribution in [0.1, 0.15) is 16.7 Å². The van der Waals surface area contributed by atoms with Crippen LogP contribution >= 0.6 is 0 Å². The van der Waals surface area contributed by atoms with Crippen LogP contribution in [-0.2, 0) is 48.2 Å². The van der Waals surface area contributed by atoms with Crippen LogP contribution in [0.2, 0.25) is 0 Å². The summed E-state index contributed by atoms with van der Waals surface area (Å²) in [6.07, 6.45) is -1.76. The molecule has 8 nitrogen and oxygen atoms in total. The van der Waals surface area contributed by atoms with Crippen molar-refractivity contribution in [1.29, 1.82) is 0 Å². The Morgan fingerprint density at radius 3 is 1.88 bits per heavy atom. The largest absolute Gasteiger partial charge is 0.445 e. The van der Waals surface area contributed by atoms with Gasteiger partial charge in [-0.25, -0.2) is 4.79 Å². The molecule has 0 aliphatic carbocycles. The van der Waals surface area contributed by atoms with Crippen molar-refractivity contribution in [1.82, 2.24) is 5.32 Å². The minimum Gasteiger partial charge on any atom is -0.445 e. The molecule has 1 saturated heterocycles. The van der Waals surface area contributed by atoms with Crippen LogP contribution in [-0.4, -0.2) is 57.1 Å². The number of carbonyl (C=O) groups excluding carboxylic acids is 1. The third-order valence-electron chi connectivity index (χ3n) is 6.46. The molecule has 1 heterocycles. The Kier molecular flexibility index (Phi) is 11.7. The van der Waals surface area contributed by atoms with Gasteiger partial charge in [0, 0.05) is 7.11 Å². The molecule has 8 heteroatoms. The van der Waals surface area contributed by atoms with E-state index in [1.165, 1.54) is 13.2 Å². The van der Waals surface area contributed by atoms with E-state index in [-0.39, 0.29) is 13.2 Å². The van der Waals surface area contributed by atoms with E-state index in [0.717, 1.165) is 16.7 Å². The molecule has 40 heavy (non-hydrogen) atoms. The Morgan fingerprint density at radius 1 is 0.825 bits per heavy atom. The van der Waals surface area contributed by atoms with Crippen molar-refractivity contribution >= 4 is 6.09 Å². The van der Waals surface area contributed by atoms with Gasteiger partial charge in [0.1, 0.15) is 31.0 Å². The Bertz CT molecular complexity index is 1150. The van der Waals surface area contributed by atoms with Gasteiger partial charge in [0.15, 0.2) is 6.29 Å². The number of rotatable bonds is 14. The zero-order valence-corrected chi connectivity index (χ0v) is 22.7. The molecule has 0 bridgehead atoms. The van der Waals surface area contributed by atoms with E-state index in [2.05, 4.69) is 11.9 Å². The first kappa shape index (κ1) is 29.5. The zero-order valence-electron chi connectivity index (χ0n) is 22.7. The molecule has 212 valence electrons. The van der Waals surface area contributed by atoms with E-state index < -0.39 is 36.7 Å². The van der Waals surface area contributed by atoms with Crippen LogP contribution < -0.4 is 5.32 Å². The summed E-state index contributed by atoms with van der Waals surface area (Å²) in [4.78, 5) is 12.6. The number of amides is 1. The molecule has 0 saturated carbocycles. The number of nitrogens with one attached hydrogen (secondary N) is 1. The first-order valence-electron chi connectivity index (χ1n) is 13.3. The fourth-order valence-electron chi connectivity index (χ4n) is 4.51. The van der Waals surface area contributed by atoms with Gasteiger partial charge in [-0.3, -0.25) is 0 Å². The Labute approximate surface area is 235 Å². The van der Waals surface area contributed by atoms with Gasteiger partial charge in [-0.1, -0.05) is 104 Å². The quantitative estimate of drug-likeness (QED) is 0.284. The molecular formula is C32H37NO7. The number of hydrogen-bond donors (Lipinski definition) is 1. The second kappa shape index (κ2) is 15.9. The van der Waals surface area contributed by atoms with Gasteiger partial charge in [0.2, 0.25) is 0 Å². The van der Waals surface area contributed by atoms with E-state index in [1.54, 1.807) is 0 Å². The number of ether oxygens (including phenoxy) is 6. The average Bonchev–Trinajstić information content (AvgIpc) is 3.00. The molecule has 5 atom stereocenters. The third kappa shape index (κ3) is 8.74. The minimum atomic E-state index is -0.834. The summed E-state index contributed by atoms with van der Waals surface area (Å²) in [7, 11) is 1.52. The number of benzene rings is 3. The second-order valence-electron chi connectivity index (χ2n) is 9.36. The summed E-state index contributed by atoms with van der Waals surface area (Å²) in [5.41, 5.74) is 3.02. The first-order chi connectivity index (χ1) is 19.7. The number of hydrogen-bond acceptors (Lipinski definition) is 7. The molecule has 3 aromatic carbocycles. The maximum atomic E-state index is 12.6. The van der Waals surface area contributed by atoms with Gasteiger partial charge in [-0.15, -0.1) is 0 Å². The van der Waals surface area contributed by atoms with Crippen LogP contribution in [0.3, 0.4) is 0 Å². The van der Waals surface area contributed by atoms with Crippen molar-refractivity contribution in [2.24, 2.45) is 0 Å². The maximum absolute atomic E-state index is 12.6. The number of methoxy groups -OCH3 is 1. The molecule has 0 radical (unpaired) electrons. The lowest BCUT2D eigenvalue weighted by Gasteiger charge is -2.45. The molecule has 0 aromatic heterocycles. The van der Waals surface area contributed by atoms with Crippen LogP contribution in [0, 0.1) is 0 Å². The van der Waals surface area contributed by atoms with Crippen molar-refractivity contribution in [3.8, 4) is 0 Å². The van der Waals surface area contributed by atoms with Crippen LogP contribution in [0.4, 0.5) is 4.79 Å². The molecule has 0 spiro atoms. The SMILES string of the molecule is C=CCOC(=O)N[C@@H]1[C@@H](OC)O[C@H](COCc2ccccc2)[C@@H](OCc2ccccc2)[C@@H]1OCc1ccccc1. The van der Waals surface area contributed by atoms with E-state index in [4.69, 9.17) is 28.4 Å². The van der Waals surface area contributed by atoms with Gasteiger partial charge in [-0.2, -0.15) is 0 Å². The molecule has 3 aromatic rings. The normalized spacial score (nSPS) is 22.4. The minimum absolute atomic E-state index is 0.0660. The second-order valence-corrected chi connectivity index (χ2v) is 9.36. The summed E-state index contributed by atoms with van der Waals surface area (Å²) >= 11 is 0. The molecule has 0 unspecified atom stereocenters. The number of carbonyl (C=O) groups is 1. The highest BCUT2D eigenvalue weighted by Crippen LogP contribution is 2.29. The fourth-order valence-corrected chi connectivity index (χ4v) is 4.51. The van der Waals surface area contributed by atoms with E-state index in [9.17, 15) is 4.79 Å². The highest BCUT2D eigenvalue weighted by Gasteiger charge is 2.48. The highest BCUT2D eigenvalue weighted by atomic mass is 16.7. The van der Waals surface area contributed by atoms with E-state index in [1.807, 2.05) is 91.0 Å². The van der Waals surface area contributed by atoms with E-state index >= 15 is 0 Å². The average molecular weight is 548 g/mol. The molecule has 4 rings (SSSR count).